The minimum atomic E-state index is 0.544. The SMILES string of the molecule is Cn1nc(Br)c2ncc(C#N)cc21. The first-order chi connectivity index (χ1) is 6.22. The molecule has 2 heterocycles. The largest absolute Gasteiger partial charge is 0.265 e. The van der Waals surface area contributed by atoms with E-state index >= 15 is 0 Å². The van der Waals surface area contributed by atoms with Crippen molar-refractivity contribution in [3.8, 4) is 6.07 Å². The fraction of sp³-hybridized carbons (Fsp3) is 0.125. The van der Waals surface area contributed by atoms with E-state index in [9.17, 15) is 0 Å². The highest BCUT2D eigenvalue weighted by Crippen LogP contribution is 2.20. The van der Waals surface area contributed by atoms with E-state index in [0.29, 0.717) is 10.2 Å². The van der Waals surface area contributed by atoms with Gasteiger partial charge < -0.3 is 0 Å². The van der Waals surface area contributed by atoms with Crippen molar-refractivity contribution in [2.45, 2.75) is 0 Å². The van der Waals surface area contributed by atoms with Crippen LogP contribution >= 0.6 is 15.9 Å². The number of nitrogens with zero attached hydrogens (tertiary/aromatic N) is 4. The minimum absolute atomic E-state index is 0.544. The molecule has 0 N–H and O–H groups in total. The van der Waals surface area contributed by atoms with E-state index in [1.54, 1.807) is 10.7 Å². The number of hydrogen-bond donors (Lipinski definition) is 0. The lowest BCUT2D eigenvalue weighted by Gasteiger charge is -1.92. The third-order valence-electron chi connectivity index (χ3n) is 1.78. The van der Waals surface area contributed by atoms with Crippen LogP contribution in [0.4, 0.5) is 0 Å². The molecule has 0 aromatic carbocycles. The Labute approximate surface area is 82.9 Å². The standard InChI is InChI=1S/C8H5BrN4/c1-13-6-2-5(3-10)4-11-7(6)8(9)12-13/h2,4H,1H3. The van der Waals surface area contributed by atoms with Crippen molar-refractivity contribution < 1.29 is 0 Å². The van der Waals surface area contributed by atoms with Crippen LogP contribution in [0.5, 0.6) is 0 Å². The number of nitriles is 1. The van der Waals surface area contributed by atoms with Crippen molar-refractivity contribution in [1.82, 2.24) is 14.8 Å². The topological polar surface area (TPSA) is 54.5 Å². The molecule has 0 amide bonds. The zero-order valence-corrected chi connectivity index (χ0v) is 8.41. The third kappa shape index (κ3) is 1.19. The van der Waals surface area contributed by atoms with E-state index in [1.807, 2.05) is 13.1 Å². The molecule has 64 valence electrons. The summed E-state index contributed by atoms with van der Waals surface area (Å²) in [6, 6.07) is 3.80. The van der Waals surface area contributed by atoms with E-state index in [4.69, 9.17) is 5.26 Å². The summed E-state index contributed by atoms with van der Waals surface area (Å²) < 4.78 is 2.39. The van der Waals surface area contributed by atoms with Crippen molar-refractivity contribution in [1.29, 1.82) is 5.26 Å². The zero-order valence-electron chi connectivity index (χ0n) is 6.82. The van der Waals surface area contributed by atoms with Gasteiger partial charge in [0.1, 0.15) is 11.6 Å². The van der Waals surface area contributed by atoms with Crippen molar-refractivity contribution >= 4 is 27.0 Å². The highest BCUT2D eigenvalue weighted by atomic mass is 79.9. The van der Waals surface area contributed by atoms with E-state index < -0.39 is 0 Å². The molecule has 0 bridgehead atoms. The van der Waals surface area contributed by atoms with E-state index in [-0.39, 0.29) is 0 Å². The normalized spacial score (nSPS) is 10.2. The van der Waals surface area contributed by atoms with Crippen LogP contribution in [0, 0.1) is 11.3 Å². The van der Waals surface area contributed by atoms with Gasteiger partial charge in [-0.3, -0.25) is 9.67 Å². The number of pyridine rings is 1. The molecule has 2 aromatic heterocycles. The van der Waals surface area contributed by atoms with Crippen molar-refractivity contribution in [3.05, 3.63) is 22.4 Å². The lowest BCUT2D eigenvalue weighted by Crippen LogP contribution is -1.89. The molecule has 0 atom stereocenters. The fourth-order valence-corrected chi connectivity index (χ4v) is 1.70. The molecule has 4 nitrogen and oxygen atoms in total. The summed E-state index contributed by atoms with van der Waals surface area (Å²) in [6.45, 7) is 0. The van der Waals surface area contributed by atoms with Gasteiger partial charge >= 0.3 is 0 Å². The second-order valence-corrected chi connectivity index (χ2v) is 3.37. The van der Waals surface area contributed by atoms with E-state index in [2.05, 4.69) is 26.0 Å². The Bertz CT molecular complexity index is 509. The monoisotopic (exact) mass is 236 g/mol. The maximum Gasteiger partial charge on any atom is 0.154 e. The molecule has 0 aliphatic rings. The van der Waals surface area contributed by atoms with Crippen LogP contribution in [-0.2, 0) is 7.05 Å². The van der Waals surface area contributed by atoms with Gasteiger partial charge in [0, 0.05) is 13.2 Å². The Balaban J connectivity index is 2.86. The molecular formula is C8H5BrN4. The molecule has 0 fully saturated rings. The third-order valence-corrected chi connectivity index (χ3v) is 2.31. The first kappa shape index (κ1) is 8.20. The van der Waals surface area contributed by atoms with Crippen LogP contribution in [-0.4, -0.2) is 14.8 Å². The van der Waals surface area contributed by atoms with Crippen LogP contribution in [0.1, 0.15) is 5.56 Å². The molecule has 2 aromatic rings. The van der Waals surface area contributed by atoms with Gasteiger partial charge in [-0.25, -0.2) is 0 Å². The minimum Gasteiger partial charge on any atom is -0.265 e. The summed E-state index contributed by atoms with van der Waals surface area (Å²) in [5, 5.41) is 12.8. The summed E-state index contributed by atoms with van der Waals surface area (Å²) in [4.78, 5) is 4.12. The summed E-state index contributed by atoms with van der Waals surface area (Å²) in [5.74, 6) is 0. The first-order valence-corrected chi connectivity index (χ1v) is 4.40. The Morgan fingerprint density at radius 2 is 2.38 bits per heavy atom. The number of aromatic nitrogens is 3. The number of halogens is 1. The second kappa shape index (κ2) is 2.82. The molecule has 0 aliphatic carbocycles. The number of aryl methyl sites for hydroxylation is 1. The molecule has 0 spiro atoms. The summed E-state index contributed by atoms with van der Waals surface area (Å²) >= 11 is 3.29. The quantitative estimate of drug-likeness (QED) is 0.699. The van der Waals surface area contributed by atoms with Crippen LogP contribution in [0.2, 0.25) is 0 Å². The van der Waals surface area contributed by atoms with Crippen LogP contribution in [0.25, 0.3) is 11.0 Å². The molecule has 0 aliphatic heterocycles. The van der Waals surface area contributed by atoms with E-state index in [1.165, 1.54) is 6.20 Å². The molecule has 0 saturated heterocycles. The van der Waals surface area contributed by atoms with Crippen LogP contribution < -0.4 is 0 Å². The molecule has 0 unspecified atom stereocenters. The predicted molar refractivity (Wildman–Crippen MR) is 50.9 cm³/mol. The van der Waals surface area contributed by atoms with Gasteiger partial charge in [-0.1, -0.05) is 0 Å². The van der Waals surface area contributed by atoms with Crippen molar-refractivity contribution in [2.75, 3.05) is 0 Å². The Morgan fingerprint density at radius 1 is 1.62 bits per heavy atom. The molecule has 5 heteroatoms. The van der Waals surface area contributed by atoms with Gasteiger partial charge in [0.05, 0.1) is 11.1 Å². The maximum atomic E-state index is 8.66. The van der Waals surface area contributed by atoms with Gasteiger partial charge in [0.15, 0.2) is 4.60 Å². The van der Waals surface area contributed by atoms with Crippen molar-refractivity contribution in [2.24, 2.45) is 7.05 Å². The van der Waals surface area contributed by atoms with Gasteiger partial charge in [0.2, 0.25) is 0 Å². The van der Waals surface area contributed by atoms with E-state index in [0.717, 1.165) is 11.0 Å². The lowest BCUT2D eigenvalue weighted by atomic mass is 10.3. The average molecular weight is 237 g/mol. The maximum absolute atomic E-state index is 8.66. The highest BCUT2D eigenvalue weighted by Gasteiger charge is 2.07. The smallest absolute Gasteiger partial charge is 0.154 e. The molecule has 2 rings (SSSR count). The fourth-order valence-electron chi connectivity index (χ4n) is 1.15. The average Bonchev–Trinajstić information content (AvgIpc) is 2.42. The first-order valence-electron chi connectivity index (χ1n) is 3.60. The number of hydrogen-bond acceptors (Lipinski definition) is 3. The Kier molecular flexibility index (Phi) is 1.78. The molecule has 0 saturated carbocycles. The Hall–Kier alpha value is -1.41. The van der Waals surface area contributed by atoms with Gasteiger partial charge in [-0.15, -0.1) is 0 Å². The second-order valence-electron chi connectivity index (χ2n) is 2.62. The number of fused-ring (bicyclic) bond motifs is 1. The molecule has 13 heavy (non-hydrogen) atoms. The van der Waals surface area contributed by atoms with Crippen LogP contribution in [0.3, 0.4) is 0 Å². The molecule has 0 radical (unpaired) electrons. The summed E-state index contributed by atoms with van der Waals surface area (Å²) in [6.07, 6.45) is 1.54. The summed E-state index contributed by atoms with van der Waals surface area (Å²) in [5.41, 5.74) is 2.18. The van der Waals surface area contributed by atoms with Gasteiger partial charge in [-0.05, 0) is 22.0 Å². The zero-order chi connectivity index (χ0) is 9.42. The van der Waals surface area contributed by atoms with Gasteiger partial charge in [-0.2, -0.15) is 10.4 Å². The van der Waals surface area contributed by atoms with Crippen molar-refractivity contribution in [3.63, 3.8) is 0 Å². The predicted octanol–water partition coefficient (Wildman–Crippen LogP) is 1.60. The highest BCUT2D eigenvalue weighted by molar-refractivity contribution is 9.10. The molecular weight excluding hydrogens is 232 g/mol. The Morgan fingerprint density at radius 3 is 3.08 bits per heavy atom. The number of rotatable bonds is 0. The summed E-state index contributed by atoms with van der Waals surface area (Å²) in [7, 11) is 1.82. The van der Waals surface area contributed by atoms with Gasteiger partial charge in [0.25, 0.3) is 0 Å². The van der Waals surface area contributed by atoms with Crippen LogP contribution in [0.15, 0.2) is 16.9 Å². The lowest BCUT2D eigenvalue weighted by molar-refractivity contribution is 0.788.